The number of rotatable bonds is 7. The van der Waals surface area contributed by atoms with Gasteiger partial charge in [-0.25, -0.2) is 4.79 Å². The molecule has 0 saturated heterocycles. The van der Waals surface area contributed by atoms with Crippen LogP contribution < -0.4 is 5.32 Å². The second-order valence-corrected chi connectivity index (χ2v) is 6.81. The first-order chi connectivity index (χ1) is 11.2. The van der Waals surface area contributed by atoms with Crippen molar-refractivity contribution < 1.29 is 14.3 Å². The average molecular weight is 356 g/mol. The van der Waals surface area contributed by atoms with Crippen LogP contribution >= 0.6 is 11.6 Å². The molecule has 0 aromatic carbocycles. The zero-order valence-corrected chi connectivity index (χ0v) is 15.8. The molecule has 0 saturated carbocycles. The van der Waals surface area contributed by atoms with E-state index in [-0.39, 0.29) is 11.8 Å². The summed E-state index contributed by atoms with van der Waals surface area (Å²) >= 11 is 6.33. The van der Waals surface area contributed by atoms with Gasteiger partial charge < -0.3 is 10.1 Å². The molecule has 1 amide bonds. The lowest BCUT2D eigenvalue weighted by atomic mass is 10.0. The smallest absolute Gasteiger partial charge is 0.328 e. The summed E-state index contributed by atoms with van der Waals surface area (Å²) in [5, 5.41) is 7.53. The molecular weight excluding hydrogens is 330 g/mol. The van der Waals surface area contributed by atoms with E-state index in [1.54, 1.807) is 10.8 Å². The van der Waals surface area contributed by atoms with Crippen molar-refractivity contribution >= 4 is 29.6 Å². The van der Waals surface area contributed by atoms with E-state index < -0.39 is 12.0 Å². The lowest BCUT2D eigenvalue weighted by Gasteiger charge is -2.18. The molecule has 0 aliphatic heterocycles. The van der Waals surface area contributed by atoms with Gasteiger partial charge in [-0.15, -0.1) is 0 Å². The Kier molecular flexibility index (Phi) is 7.48. The number of methoxy groups -OCH3 is 1. The summed E-state index contributed by atoms with van der Waals surface area (Å²) in [4.78, 5) is 23.8. The third kappa shape index (κ3) is 5.37. The molecule has 134 valence electrons. The number of aromatic nitrogens is 2. The van der Waals surface area contributed by atoms with Gasteiger partial charge in [-0.1, -0.05) is 39.3 Å². The van der Waals surface area contributed by atoms with Gasteiger partial charge in [0, 0.05) is 18.2 Å². The number of halogens is 1. The third-order valence-electron chi connectivity index (χ3n) is 3.47. The highest BCUT2D eigenvalue weighted by Crippen LogP contribution is 2.22. The van der Waals surface area contributed by atoms with Crippen molar-refractivity contribution in [3.05, 3.63) is 22.5 Å². The molecule has 0 bridgehead atoms. The second kappa shape index (κ2) is 8.87. The number of carbonyl (C=O) groups is 2. The van der Waals surface area contributed by atoms with Crippen LogP contribution in [0.15, 0.2) is 6.08 Å². The lowest BCUT2D eigenvalue weighted by molar-refractivity contribution is -0.145. The summed E-state index contributed by atoms with van der Waals surface area (Å²) in [7, 11) is 1.30. The number of nitrogens with zero attached hydrogens (tertiary/aromatic N) is 2. The fourth-order valence-electron chi connectivity index (χ4n) is 2.21. The zero-order chi connectivity index (χ0) is 18.4. The van der Waals surface area contributed by atoms with E-state index in [1.165, 1.54) is 13.2 Å². The molecule has 1 atom stereocenters. The van der Waals surface area contributed by atoms with Crippen molar-refractivity contribution in [3.8, 4) is 0 Å². The van der Waals surface area contributed by atoms with Crippen molar-refractivity contribution in [2.75, 3.05) is 7.11 Å². The Morgan fingerprint density at radius 1 is 1.33 bits per heavy atom. The predicted octanol–water partition coefficient (Wildman–Crippen LogP) is 2.83. The zero-order valence-electron chi connectivity index (χ0n) is 15.1. The van der Waals surface area contributed by atoms with Gasteiger partial charge >= 0.3 is 5.97 Å². The maximum atomic E-state index is 12.1. The van der Waals surface area contributed by atoms with E-state index >= 15 is 0 Å². The molecule has 1 aromatic rings. The molecule has 1 heterocycles. The number of aryl methyl sites for hydroxylation is 1. The van der Waals surface area contributed by atoms with Gasteiger partial charge in [0.05, 0.1) is 12.8 Å². The van der Waals surface area contributed by atoms with Crippen molar-refractivity contribution in [3.63, 3.8) is 0 Å². The number of hydrogen-bond donors (Lipinski definition) is 1. The van der Waals surface area contributed by atoms with Crippen LogP contribution in [0.2, 0.25) is 5.15 Å². The van der Waals surface area contributed by atoms with Crippen LogP contribution in [0.4, 0.5) is 0 Å². The predicted molar refractivity (Wildman–Crippen MR) is 94.6 cm³/mol. The van der Waals surface area contributed by atoms with Crippen LogP contribution in [0.5, 0.6) is 0 Å². The highest BCUT2D eigenvalue weighted by Gasteiger charge is 2.24. The van der Waals surface area contributed by atoms with E-state index in [0.717, 1.165) is 5.69 Å². The van der Waals surface area contributed by atoms with Crippen LogP contribution in [0.1, 0.15) is 39.0 Å². The fraction of sp³-hybridized carbons (Fsp3) is 0.588. The van der Waals surface area contributed by atoms with Crippen LogP contribution in [0.25, 0.3) is 6.08 Å². The molecular formula is C17H26ClN3O3. The van der Waals surface area contributed by atoms with Gasteiger partial charge in [0.2, 0.25) is 5.91 Å². The van der Waals surface area contributed by atoms with Gasteiger partial charge in [0.15, 0.2) is 0 Å². The molecule has 6 nitrogen and oxygen atoms in total. The van der Waals surface area contributed by atoms with Crippen molar-refractivity contribution in [1.29, 1.82) is 0 Å². The summed E-state index contributed by atoms with van der Waals surface area (Å²) in [6.45, 7) is 10.4. The van der Waals surface area contributed by atoms with E-state index in [9.17, 15) is 9.59 Å². The first kappa shape index (κ1) is 20.2. The van der Waals surface area contributed by atoms with Crippen LogP contribution in [-0.2, 0) is 20.9 Å². The quantitative estimate of drug-likeness (QED) is 0.603. The van der Waals surface area contributed by atoms with Crippen molar-refractivity contribution in [2.24, 2.45) is 11.8 Å². The molecule has 0 aliphatic rings. The number of nitrogens with one attached hydrogen (secondary N) is 1. The lowest BCUT2D eigenvalue weighted by Crippen LogP contribution is -2.44. The minimum absolute atomic E-state index is 0.0751. The summed E-state index contributed by atoms with van der Waals surface area (Å²) in [5.41, 5.74) is 1.45. The minimum Gasteiger partial charge on any atom is -0.467 e. The van der Waals surface area contributed by atoms with E-state index in [4.69, 9.17) is 16.3 Å². The van der Waals surface area contributed by atoms with Gasteiger partial charge in [-0.2, -0.15) is 5.10 Å². The number of carbonyl (C=O) groups excluding carboxylic acids is 2. The summed E-state index contributed by atoms with van der Waals surface area (Å²) in [6, 6.07) is -0.688. The molecule has 7 heteroatoms. The Labute approximate surface area is 148 Å². The first-order valence-corrected chi connectivity index (χ1v) is 8.34. The molecule has 24 heavy (non-hydrogen) atoms. The fourth-order valence-corrected chi connectivity index (χ4v) is 2.52. The molecule has 0 aliphatic carbocycles. The maximum Gasteiger partial charge on any atom is 0.328 e. The molecule has 0 fully saturated rings. The molecule has 1 rings (SSSR count). The summed E-state index contributed by atoms with van der Waals surface area (Å²) in [6.07, 6.45) is 2.97. The van der Waals surface area contributed by atoms with Gasteiger partial charge in [0.25, 0.3) is 0 Å². The van der Waals surface area contributed by atoms with Crippen molar-refractivity contribution in [1.82, 2.24) is 15.1 Å². The first-order valence-electron chi connectivity index (χ1n) is 7.96. The number of hydrogen-bond acceptors (Lipinski definition) is 4. The standard InChI is InChI=1S/C17H26ClN3O3/c1-10(2)9-21-16(18)13(12(5)20-21)7-8-14(22)19-15(11(3)4)17(23)24-6/h7-8,10-11,15H,9H2,1-6H3,(H,19,22)/b8-7+/t15-/m0/s1. The highest BCUT2D eigenvalue weighted by molar-refractivity contribution is 6.31. The Morgan fingerprint density at radius 2 is 1.96 bits per heavy atom. The molecule has 0 spiro atoms. The molecule has 0 unspecified atom stereocenters. The topological polar surface area (TPSA) is 73.2 Å². The Hall–Kier alpha value is -1.82. The van der Waals surface area contributed by atoms with Crippen LogP contribution in [0.3, 0.4) is 0 Å². The molecule has 0 radical (unpaired) electrons. The maximum absolute atomic E-state index is 12.1. The monoisotopic (exact) mass is 355 g/mol. The summed E-state index contributed by atoms with van der Waals surface area (Å²) in [5.74, 6) is -0.514. The largest absolute Gasteiger partial charge is 0.467 e. The van der Waals surface area contributed by atoms with Gasteiger partial charge in [-0.3, -0.25) is 9.48 Å². The number of amides is 1. The average Bonchev–Trinajstić information content (AvgIpc) is 2.75. The third-order valence-corrected chi connectivity index (χ3v) is 3.87. The van der Waals surface area contributed by atoms with Crippen LogP contribution in [-0.4, -0.2) is 34.8 Å². The van der Waals surface area contributed by atoms with E-state index in [2.05, 4.69) is 24.3 Å². The van der Waals surface area contributed by atoms with Crippen LogP contribution in [0, 0.1) is 18.8 Å². The molecule has 1 aromatic heterocycles. The molecule has 1 N–H and O–H groups in total. The van der Waals surface area contributed by atoms with Crippen molar-refractivity contribution in [2.45, 2.75) is 47.2 Å². The Bertz CT molecular complexity index is 621. The Morgan fingerprint density at radius 3 is 2.46 bits per heavy atom. The van der Waals surface area contributed by atoms with Gasteiger partial charge in [-0.05, 0) is 24.8 Å². The highest BCUT2D eigenvalue weighted by atomic mass is 35.5. The van der Waals surface area contributed by atoms with Gasteiger partial charge in [0.1, 0.15) is 11.2 Å². The normalized spacial score (nSPS) is 12.9. The SMILES string of the molecule is COC(=O)[C@@H](NC(=O)/C=C/c1c(C)nn(CC(C)C)c1Cl)C(C)C. The minimum atomic E-state index is -0.688. The number of esters is 1. The van der Waals surface area contributed by atoms with E-state index in [1.807, 2.05) is 20.8 Å². The van der Waals surface area contributed by atoms with E-state index in [0.29, 0.717) is 23.2 Å². The number of ether oxygens (including phenoxy) is 1. The Balaban J connectivity index is 2.87. The summed E-state index contributed by atoms with van der Waals surface area (Å²) < 4.78 is 6.43. The second-order valence-electron chi connectivity index (χ2n) is 6.45.